The Morgan fingerprint density at radius 2 is 2.50 bits per heavy atom. The highest BCUT2D eigenvalue weighted by Crippen LogP contribution is 2.15. The number of hydrogen-bond acceptors (Lipinski definition) is 6. The third-order valence-electron chi connectivity index (χ3n) is 2.43. The molecule has 0 aliphatic carbocycles. The fourth-order valence-corrected chi connectivity index (χ4v) is 1.42. The van der Waals surface area contributed by atoms with Crippen LogP contribution in [-0.2, 0) is 15.9 Å². The van der Waals surface area contributed by atoms with E-state index in [0.717, 1.165) is 0 Å². The van der Waals surface area contributed by atoms with Crippen LogP contribution in [0.25, 0.3) is 0 Å². The molecule has 1 rings (SSSR count). The summed E-state index contributed by atoms with van der Waals surface area (Å²) in [6.07, 6.45) is 3.24. The fourth-order valence-electron chi connectivity index (χ4n) is 1.42. The van der Waals surface area contributed by atoms with Crippen LogP contribution < -0.4 is 0 Å². The smallest absolute Gasteiger partial charge is 0.414 e. The van der Waals surface area contributed by atoms with Crippen LogP contribution in [-0.4, -0.2) is 52.9 Å². The maximum absolute atomic E-state index is 10.6. The fraction of sp³-hybridized carbons (Fsp3) is 0.444. The molecule has 0 saturated carbocycles. The second-order valence-electron chi connectivity index (χ2n) is 3.83. The van der Waals surface area contributed by atoms with Gasteiger partial charge in [-0.2, -0.15) is 0 Å². The SMILES string of the molecule is CB(O)n1cnc(CC([B]OC=N)C(O)C=O)c1. The first-order chi connectivity index (χ1) is 8.58. The summed E-state index contributed by atoms with van der Waals surface area (Å²) < 4.78 is 6.16. The van der Waals surface area contributed by atoms with Gasteiger partial charge in [-0.25, -0.2) is 4.98 Å². The first kappa shape index (κ1) is 14.5. The minimum Gasteiger partial charge on any atom is -0.555 e. The maximum atomic E-state index is 10.6. The Balaban J connectivity index is 2.68. The lowest BCUT2D eigenvalue weighted by atomic mass is 9.73. The van der Waals surface area contributed by atoms with Crippen molar-refractivity contribution in [2.45, 2.75) is 25.2 Å². The lowest BCUT2D eigenvalue weighted by Gasteiger charge is -2.14. The molecule has 0 aromatic carbocycles. The lowest BCUT2D eigenvalue weighted by Crippen LogP contribution is -2.25. The van der Waals surface area contributed by atoms with Crippen LogP contribution in [0.2, 0.25) is 12.6 Å². The number of rotatable bonds is 8. The van der Waals surface area contributed by atoms with Gasteiger partial charge in [-0.05, 0) is 13.2 Å². The van der Waals surface area contributed by atoms with Crippen LogP contribution in [0.5, 0.6) is 0 Å². The number of carbonyl (C=O) groups is 1. The number of aliphatic hydroxyl groups excluding tert-OH is 1. The van der Waals surface area contributed by atoms with Crippen molar-refractivity contribution in [2.75, 3.05) is 0 Å². The normalized spacial score (nSPS) is 13.5. The van der Waals surface area contributed by atoms with Crippen molar-refractivity contribution >= 4 is 27.2 Å². The standard InChI is InChI=1S/C9H14B2N3O4/c1-11(17)14-3-7(13-6-14)2-8(9(16)4-15)10-18-5-12/h3-6,8-9,12,16-17H,2H2,1H3. The number of nitrogens with zero attached hydrogens (tertiary/aromatic N) is 2. The lowest BCUT2D eigenvalue weighted by molar-refractivity contribution is -0.115. The number of carbonyl (C=O) groups excluding carboxylic acids is 1. The first-order valence-corrected chi connectivity index (χ1v) is 5.40. The molecule has 2 unspecified atom stereocenters. The van der Waals surface area contributed by atoms with Crippen molar-refractivity contribution in [3.05, 3.63) is 18.2 Å². The molecule has 1 aromatic rings. The minimum atomic E-state index is -1.22. The topological polar surface area (TPSA) is 108 Å². The number of aldehydes is 1. The Labute approximate surface area is 106 Å². The van der Waals surface area contributed by atoms with Crippen molar-refractivity contribution in [2.24, 2.45) is 0 Å². The Kier molecular flexibility index (Phi) is 5.60. The zero-order valence-electron chi connectivity index (χ0n) is 9.93. The van der Waals surface area contributed by atoms with Crippen molar-refractivity contribution in [1.82, 2.24) is 9.46 Å². The highest BCUT2D eigenvalue weighted by molar-refractivity contribution is 6.46. The predicted molar refractivity (Wildman–Crippen MR) is 66.6 cm³/mol. The van der Waals surface area contributed by atoms with Gasteiger partial charge in [0.15, 0.2) is 0 Å². The van der Waals surface area contributed by atoms with Gasteiger partial charge in [0, 0.05) is 12.0 Å². The van der Waals surface area contributed by atoms with Crippen molar-refractivity contribution in [1.29, 1.82) is 5.41 Å². The molecule has 7 nitrogen and oxygen atoms in total. The molecule has 2 atom stereocenters. The van der Waals surface area contributed by atoms with Crippen LogP contribution in [0.15, 0.2) is 12.5 Å². The minimum absolute atomic E-state index is 0.271. The van der Waals surface area contributed by atoms with Crippen LogP contribution in [0, 0.1) is 5.41 Å². The summed E-state index contributed by atoms with van der Waals surface area (Å²) in [7, 11) is 0.524. The second kappa shape index (κ2) is 6.97. The highest BCUT2D eigenvalue weighted by atomic mass is 16.4. The zero-order chi connectivity index (χ0) is 13.5. The summed E-state index contributed by atoms with van der Waals surface area (Å²) in [6, 6.07) is 0. The number of aromatic nitrogens is 2. The van der Waals surface area contributed by atoms with E-state index < -0.39 is 19.0 Å². The van der Waals surface area contributed by atoms with Gasteiger partial charge in [0.05, 0.1) is 12.0 Å². The summed E-state index contributed by atoms with van der Waals surface area (Å²) >= 11 is 0. The zero-order valence-corrected chi connectivity index (χ0v) is 9.93. The van der Waals surface area contributed by atoms with E-state index in [2.05, 4.69) is 9.64 Å². The quantitative estimate of drug-likeness (QED) is 0.236. The predicted octanol–water partition coefficient (Wildman–Crippen LogP) is -1.02. The summed E-state index contributed by atoms with van der Waals surface area (Å²) in [5, 5.41) is 25.5. The van der Waals surface area contributed by atoms with Crippen LogP contribution in [0.4, 0.5) is 0 Å². The van der Waals surface area contributed by atoms with Crippen molar-refractivity contribution in [3.63, 3.8) is 0 Å². The van der Waals surface area contributed by atoms with Crippen molar-refractivity contribution in [3.8, 4) is 0 Å². The van der Waals surface area contributed by atoms with Crippen LogP contribution in [0.3, 0.4) is 0 Å². The molecule has 0 bridgehead atoms. The molecule has 0 saturated heterocycles. The van der Waals surface area contributed by atoms with Crippen molar-refractivity contribution < 1.29 is 19.6 Å². The highest BCUT2D eigenvalue weighted by Gasteiger charge is 2.23. The average Bonchev–Trinajstić information content (AvgIpc) is 2.82. The number of nitrogens with one attached hydrogen (secondary N) is 1. The van der Waals surface area contributed by atoms with E-state index in [1.54, 1.807) is 13.0 Å². The van der Waals surface area contributed by atoms with Gasteiger partial charge in [0.2, 0.25) is 0 Å². The molecular formula is C9H14B2N3O4. The van der Waals surface area contributed by atoms with Gasteiger partial charge in [-0.15, -0.1) is 0 Å². The van der Waals surface area contributed by atoms with Gasteiger partial charge in [0.25, 0.3) is 0 Å². The Hall–Kier alpha value is -1.60. The molecule has 0 fully saturated rings. The Morgan fingerprint density at radius 3 is 3.00 bits per heavy atom. The van der Waals surface area contributed by atoms with Gasteiger partial charge < -0.3 is 24.1 Å². The van der Waals surface area contributed by atoms with Gasteiger partial charge >= 0.3 is 14.5 Å². The molecule has 0 spiro atoms. The molecule has 0 aliphatic rings. The van der Waals surface area contributed by atoms with E-state index in [0.29, 0.717) is 18.4 Å². The Bertz CT molecular complexity index is 399. The van der Waals surface area contributed by atoms with E-state index >= 15 is 0 Å². The molecule has 95 valence electrons. The monoisotopic (exact) mass is 250 g/mol. The first-order valence-electron chi connectivity index (χ1n) is 5.40. The molecule has 9 heteroatoms. The number of imidazole rings is 1. The van der Waals surface area contributed by atoms with E-state index in [1.165, 1.54) is 18.3 Å². The third-order valence-corrected chi connectivity index (χ3v) is 2.43. The summed E-state index contributed by atoms with van der Waals surface area (Å²) in [4.78, 5) is 14.6. The Morgan fingerprint density at radius 1 is 1.78 bits per heavy atom. The summed E-state index contributed by atoms with van der Waals surface area (Å²) in [5.74, 6) is -0.596. The van der Waals surface area contributed by atoms with Crippen LogP contribution in [0.1, 0.15) is 5.69 Å². The third kappa shape index (κ3) is 4.01. The number of hydrogen-bond donors (Lipinski definition) is 3. The number of aliphatic hydroxyl groups is 1. The van der Waals surface area contributed by atoms with E-state index in [9.17, 15) is 14.9 Å². The maximum Gasteiger partial charge on any atom is 0.414 e. The van der Waals surface area contributed by atoms with E-state index in [4.69, 9.17) is 5.41 Å². The molecule has 0 aliphatic heterocycles. The molecule has 0 amide bonds. The van der Waals surface area contributed by atoms with Gasteiger partial charge in [-0.1, -0.05) is 0 Å². The molecule has 3 N–H and O–H groups in total. The molecule has 1 heterocycles. The van der Waals surface area contributed by atoms with E-state index in [-0.39, 0.29) is 6.42 Å². The van der Waals surface area contributed by atoms with Gasteiger partial charge in [-0.3, -0.25) is 5.41 Å². The van der Waals surface area contributed by atoms with Gasteiger partial charge in [0.1, 0.15) is 18.8 Å². The molecule has 1 radical (unpaired) electrons. The molecular weight excluding hydrogens is 236 g/mol. The summed E-state index contributed by atoms with van der Waals surface area (Å²) in [6.45, 7) is 1.59. The second-order valence-corrected chi connectivity index (χ2v) is 3.83. The van der Waals surface area contributed by atoms with E-state index in [1.807, 2.05) is 0 Å². The molecule has 18 heavy (non-hydrogen) atoms. The van der Waals surface area contributed by atoms with Crippen LogP contribution >= 0.6 is 0 Å². The molecule has 1 aromatic heterocycles. The summed E-state index contributed by atoms with van der Waals surface area (Å²) in [5.41, 5.74) is 0.603. The average molecular weight is 250 g/mol. The largest absolute Gasteiger partial charge is 0.555 e.